The van der Waals surface area contributed by atoms with Crippen LogP contribution < -0.4 is 5.32 Å². The Morgan fingerprint density at radius 2 is 2.06 bits per heavy atom. The molecule has 0 aliphatic rings. The minimum absolute atomic E-state index is 0.217. The van der Waals surface area contributed by atoms with E-state index in [2.05, 4.69) is 26.0 Å². The SMILES string of the molecule is CC(=O)OCC(=O)NCCc1ccccc1Br. The number of halogens is 1. The summed E-state index contributed by atoms with van der Waals surface area (Å²) in [6.45, 7) is 1.57. The van der Waals surface area contributed by atoms with Crippen molar-refractivity contribution < 1.29 is 14.3 Å². The minimum Gasteiger partial charge on any atom is -0.456 e. The van der Waals surface area contributed by atoms with Gasteiger partial charge in [-0.2, -0.15) is 0 Å². The summed E-state index contributed by atoms with van der Waals surface area (Å²) in [5.41, 5.74) is 1.13. The molecule has 0 saturated carbocycles. The van der Waals surface area contributed by atoms with Crippen molar-refractivity contribution >= 4 is 27.8 Å². The summed E-state index contributed by atoms with van der Waals surface area (Å²) in [6, 6.07) is 7.83. The maximum Gasteiger partial charge on any atom is 0.303 e. The van der Waals surface area contributed by atoms with Crippen molar-refractivity contribution in [3.63, 3.8) is 0 Å². The van der Waals surface area contributed by atoms with Gasteiger partial charge >= 0.3 is 5.97 Å². The molecule has 5 heteroatoms. The van der Waals surface area contributed by atoms with E-state index >= 15 is 0 Å². The van der Waals surface area contributed by atoms with Crippen LogP contribution in [-0.4, -0.2) is 25.0 Å². The molecule has 0 saturated heterocycles. The average molecular weight is 300 g/mol. The summed E-state index contributed by atoms with van der Waals surface area (Å²) < 4.78 is 5.59. The quantitative estimate of drug-likeness (QED) is 0.842. The van der Waals surface area contributed by atoms with E-state index in [1.54, 1.807) is 0 Å². The molecule has 0 radical (unpaired) electrons. The van der Waals surface area contributed by atoms with E-state index in [4.69, 9.17) is 0 Å². The van der Waals surface area contributed by atoms with Crippen LogP contribution in [0, 0.1) is 0 Å². The molecule has 1 aromatic rings. The van der Waals surface area contributed by atoms with Gasteiger partial charge in [0.15, 0.2) is 6.61 Å². The van der Waals surface area contributed by atoms with Gasteiger partial charge < -0.3 is 10.1 Å². The molecule has 0 aliphatic carbocycles. The third-order valence-corrected chi connectivity index (χ3v) is 2.85. The molecule has 0 aliphatic heterocycles. The van der Waals surface area contributed by atoms with Crippen molar-refractivity contribution in [2.24, 2.45) is 0 Å². The van der Waals surface area contributed by atoms with Gasteiger partial charge in [-0.25, -0.2) is 0 Å². The summed E-state index contributed by atoms with van der Waals surface area (Å²) in [4.78, 5) is 21.7. The first-order valence-electron chi connectivity index (χ1n) is 5.23. The third kappa shape index (κ3) is 5.49. The molecule has 0 unspecified atom stereocenters. The molecule has 92 valence electrons. The van der Waals surface area contributed by atoms with E-state index in [-0.39, 0.29) is 12.5 Å². The molecule has 17 heavy (non-hydrogen) atoms. The third-order valence-electron chi connectivity index (χ3n) is 2.08. The number of hydrogen-bond donors (Lipinski definition) is 1. The molecule has 0 atom stereocenters. The molecule has 0 heterocycles. The van der Waals surface area contributed by atoms with E-state index in [0.717, 1.165) is 16.5 Å². The number of benzene rings is 1. The zero-order valence-corrected chi connectivity index (χ0v) is 11.1. The summed E-state index contributed by atoms with van der Waals surface area (Å²) in [6.07, 6.45) is 0.729. The predicted molar refractivity (Wildman–Crippen MR) is 67.5 cm³/mol. The van der Waals surface area contributed by atoms with E-state index in [1.807, 2.05) is 24.3 Å². The van der Waals surface area contributed by atoms with Crippen LogP contribution in [0.4, 0.5) is 0 Å². The zero-order chi connectivity index (χ0) is 12.7. The molecule has 0 spiro atoms. The highest BCUT2D eigenvalue weighted by Crippen LogP contribution is 2.15. The largest absolute Gasteiger partial charge is 0.456 e. The van der Waals surface area contributed by atoms with Gasteiger partial charge in [0, 0.05) is 17.9 Å². The van der Waals surface area contributed by atoms with Crippen molar-refractivity contribution in [1.82, 2.24) is 5.32 Å². The Morgan fingerprint density at radius 1 is 1.35 bits per heavy atom. The molecule has 4 nitrogen and oxygen atoms in total. The number of carbonyl (C=O) groups is 2. The fourth-order valence-electron chi connectivity index (χ4n) is 1.26. The van der Waals surface area contributed by atoms with E-state index < -0.39 is 5.97 Å². The number of nitrogens with one attached hydrogen (secondary N) is 1. The molecule has 0 aromatic heterocycles. The summed E-state index contributed by atoms with van der Waals surface area (Å²) in [5, 5.41) is 2.68. The Balaban J connectivity index is 2.26. The Labute approximate surface area is 108 Å². The Hall–Kier alpha value is -1.36. The topological polar surface area (TPSA) is 55.4 Å². The standard InChI is InChI=1S/C12H14BrNO3/c1-9(15)17-8-12(16)14-7-6-10-4-2-3-5-11(10)13/h2-5H,6-8H2,1H3,(H,14,16). The summed E-state index contributed by atoms with van der Waals surface area (Å²) >= 11 is 3.43. The van der Waals surface area contributed by atoms with Crippen molar-refractivity contribution in [1.29, 1.82) is 0 Å². The van der Waals surface area contributed by atoms with Gasteiger partial charge in [0.25, 0.3) is 5.91 Å². The van der Waals surface area contributed by atoms with Crippen LogP contribution in [0.15, 0.2) is 28.7 Å². The van der Waals surface area contributed by atoms with E-state index in [9.17, 15) is 9.59 Å². The summed E-state index contributed by atoms with van der Waals surface area (Å²) in [5.74, 6) is -0.738. The van der Waals surface area contributed by atoms with Crippen molar-refractivity contribution in [2.45, 2.75) is 13.3 Å². The summed E-state index contributed by atoms with van der Waals surface area (Å²) in [7, 11) is 0. The van der Waals surface area contributed by atoms with Gasteiger partial charge in [0.05, 0.1) is 0 Å². The van der Waals surface area contributed by atoms with Gasteiger partial charge in [-0.3, -0.25) is 9.59 Å². The first-order valence-corrected chi connectivity index (χ1v) is 6.02. The maximum absolute atomic E-state index is 11.2. The van der Waals surface area contributed by atoms with Crippen LogP contribution in [-0.2, 0) is 20.7 Å². The lowest BCUT2D eigenvalue weighted by Crippen LogP contribution is -2.30. The lowest BCUT2D eigenvalue weighted by atomic mass is 10.1. The first kappa shape index (κ1) is 13.7. The zero-order valence-electron chi connectivity index (χ0n) is 9.53. The number of rotatable bonds is 5. The van der Waals surface area contributed by atoms with Gasteiger partial charge in [0.1, 0.15) is 0 Å². The number of carbonyl (C=O) groups excluding carboxylic acids is 2. The smallest absolute Gasteiger partial charge is 0.303 e. The number of esters is 1. The van der Waals surface area contributed by atoms with Crippen LogP contribution in [0.2, 0.25) is 0 Å². The normalized spacial score (nSPS) is 9.76. The molecule has 0 bridgehead atoms. The fraction of sp³-hybridized carbons (Fsp3) is 0.333. The molecular formula is C12H14BrNO3. The second-order valence-electron chi connectivity index (χ2n) is 3.47. The minimum atomic E-state index is -0.453. The first-order chi connectivity index (χ1) is 8.09. The Kier molecular flexibility index (Phi) is 5.69. The molecule has 1 N–H and O–H groups in total. The number of amides is 1. The molecule has 1 rings (SSSR count). The van der Waals surface area contributed by atoms with Crippen LogP contribution in [0.25, 0.3) is 0 Å². The highest BCUT2D eigenvalue weighted by atomic mass is 79.9. The average Bonchev–Trinajstić information content (AvgIpc) is 2.29. The fourth-order valence-corrected chi connectivity index (χ4v) is 1.74. The molecular weight excluding hydrogens is 286 g/mol. The van der Waals surface area contributed by atoms with Gasteiger partial charge in [-0.1, -0.05) is 34.1 Å². The van der Waals surface area contributed by atoms with Gasteiger partial charge in [-0.15, -0.1) is 0 Å². The van der Waals surface area contributed by atoms with Crippen molar-refractivity contribution in [2.75, 3.05) is 13.2 Å². The van der Waals surface area contributed by atoms with Crippen LogP contribution >= 0.6 is 15.9 Å². The lowest BCUT2D eigenvalue weighted by molar-refractivity contribution is -0.146. The highest BCUT2D eigenvalue weighted by Gasteiger charge is 2.03. The maximum atomic E-state index is 11.2. The number of ether oxygens (including phenoxy) is 1. The predicted octanol–water partition coefficient (Wildman–Crippen LogP) is 1.67. The molecule has 1 aromatic carbocycles. The van der Waals surface area contributed by atoms with Crippen LogP contribution in [0.5, 0.6) is 0 Å². The van der Waals surface area contributed by atoms with Crippen molar-refractivity contribution in [3.8, 4) is 0 Å². The monoisotopic (exact) mass is 299 g/mol. The Bertz CT molecular complexity index is 406. The number of hydrogen-bond acceptors (Lipinski definition) is 3. The van der Waals surface area contributed by atoms with Gasteiger partial charge in [0.2, 0.25) is 0 Å². The van der Waals surface area contributed by atoms with Crippen LogP contribution in [0.1, 0.15) is 12.5 Å². The van der Waals surface area contributed by atoms with Crippen LogP contribution in [0.3, 0.4) is 0 Å². The molecule has 1 amide bonds. The second-order valence-corrected chi connectivity index (χ2v) is 4.33. The van der Waals surface area contributed by atoms with Gasteiger partial charge in [-0.05, 0) is 18.1 Å². The molecule has 0 fully saturated rings. The second kappa shape index (κ2) is 7.06. The van der Waals surface area contributed by atoms with E-state index in [0.29, 0.717) is 6.54 Å². The highest BCUT2D eigenvalue weighted by molar-refractivity contribution is 9.10. The Morgan fingerprint density at radius 3 is 2.71 bits per heavy atom. The van der Waals surface area contributed by atoms with E-state index in [1.165, 1.54) is 6.92 Å². The lowest BCUT2D eigenvalue weighted by Gasteiger charge is -2.06. The van der Waals surface area contributed by atoms with Crippen molar-refractivity contribution in [3.05, 3.63) is 34.3 Å².